The molecule has 4 unspecified atom stereocenters. The Morgan fingerprint density at radius 2 is 2.17 bits per heavy atom. The van der Waals surface area contributed by atoms with Gasteiger partial charge in [-0.1, -0.05) is 37.3 Å². The van der Waals surface area contributed by atoms with Crippen molar-refractivity contribution >= 4 is 11.8 Å². The van der Waals surface area contributed by atoms with Crippen LogP contribution in [-0.4, -0.2) is 24.1 Å². The Bertz CT molecular complexity index is 372. The highest BCUT2D eigenvalue weighted by atomic mass is 32.2. The Hall–Kier alpha value is -0.470. The number of hydrogen-bond donors (Lipinski definition) is 1. The molecule has 1 nitrogen and oxygen atoms in total. The van der Waals surface area contributed by atoms with Crippen LogP contribution in [0.1, 0.15) is 31.2 Å². The van der Waals surface area contributed by atoms with Gasteiger partial charge in [0.15, 0.2) is 0 Å². The van der Waals surface area contributed by atoms with Gasteiger partial charge < -0.3 is 5.32 Å². The van der Waals surface area contributed by atoms with E-state index in [-0.39, 0.29) is 0 Å². The van der Waals surface area contributed by atoms with Crippen molar-refractivity contribution in [3.63, 3.8) is 0 Å². The van der Waals surface area contributed by atoms with Crippen LogP contribution in [-0.2, 0) is 0 Å². The lowest BCUT2D eigenvalue weighted by atomic mass is 9.92. The van der Waals surface area contributed by atoms with Crippen LogP contribution >= 0.6 is 11.8 Å². The number of benzene rings is 1. The SMILES string of the molecule is CCNC(C1CCSC1)C1CC1c1ccccc1. The molecule has 98 valence electrons. The Morgan fingerprint density at radius 1 is 1.33 bits per heavy atom. The topological polar surface area (TPSA) is 12.0 Å². The molecule has 2 heteroatoms. The molecule has 0 aromatic heterocycles. The zero-order chi connectivity index (χ0) is 12.4. The lowest BCUT2D eigenvalue weighted by Crippen LogP contribution is -2.38. The molecule has 0 bridgehead atoms. The first kappa shape index (κ1) is 12.6. The van der Waals surface area contributed by atoms with Crippen molar-refractivity contribution in [1.82, 2.24) is 5.32 Å². The average molecular weight is 261 g/mol. The second-order valence-electron chi connectivity index (χ2n) is 5.62. The van der Waals surface area contributed by atoms with E-state index in [4.69, 9.17) is 0 Å². The number of hydrogen-bond acceptors (Lipinski definition) is 2. The van der Waals surface area contributed by atoms with Crippen LogP contribution in [0.5, 0.6) is 0 Å². The average Bonchev–Trinajstić information content (AvgIpc) is 3.02. The van der Waals surface area contributed by atoms with Gasteiger partial charge in [0.2, 0.25) is 0 Å². The first-order valence-electron chi connectivity index (χ1n) is 7.26. The molecule has 1 saturated carbocycles. The minimum absolute atomic E-state index is 0.759. The van der Waals surface area contributed by atoms with E-state index in [0.717, 1.165) is 30.3 Å². The maximum absolute atomic E-state index is 3.77. The van der Waals surface area contributed by atoms with Gasteiger partial charge in [-0.3, -0.25) is 0 Å². The van der Waals surface area contributed by atoms with Crippen molar-refractivity contribution in [1.29, 1.82) is 0 Å². The summed E-state index contributed by atoms with van der Waals surface area (Å²) < 4.78 is 0. The Morgan fingerprint density at radius 3 is 2.83 bits per heavy atom. The van der Waals surface area contributed by atoms with Crippen molar-refractivity contribution in [2.75, 3.05) is 18.1 Å². The molecule has 1 heterocycles. The predicted octanol–water partition coefficient (Wildman–Crippen LogP) is 3.52. The molecule has 1 aliphatic carbocycles. The molecule has 18 heavy (non-hydrogen) atoms. The van der Waals surface area contributed by atoms with Gasteiger partial charge in [0.05, 0.1) is 0 Å². The Labute approximate surface area is 115 Å². The summed E-state index contributed by atoms with van der Waals surface area (Å²) in [7, 11) is 0. The van der Waals surface area contributed by atoms with Crippen molar-refractivity contribution in [2.45, 2.75) is 31.7 Å². The predicted molar refractivity (Wildman–Crippen MR) is 80.2 cm³/mol. The lowest BCUT2D eigenvalue weighted by molar-refractivity contribution is 0.348. The van der Waals surface area contributed by atoms with E-state index in [0.29, 0.717) is 0 Å². The first-order chi connectivity index (χ1) is 8.90. The highest BCUT2D eigenvalue weighted by Gasteiger charge is 2.46. The van der Waals surface area contributed by atoms with Gasteiger partial charge in [-0.15, -0.1) is 0 Å². The van der Waals surface area contributed by atoms with Crippen molar-refractivity contribution in [3.8, 4) is 0 Å². The molecule has 2 fully saturated rings. The molecule has 1 aliphatic heterocycles. The molecular formula is C16H23NS. The van der Waals surface area contributed by atoms with Crippen molar-refractivity contribution < 1.29 is 0 Å². The van der Waals surface area contributed by atoms with E-state index in [1.165, 1.54) is 24.3 Å². The quantitative estimate of drug-likeness (QED) is 0.870. The van der Waals surface area contributed by atoms with Gasteiger partial charge in [0.1, 0.15) is 0 Å². The normalized spacial score (nSPS) is 32.4. The van der Waals surface area contributed by atoms with Gasteiger partial charge in [-0.25, -0.2) is 0 Å². The molecule has 1 saturated heterocycles. The highest BCUT2D eigenvalue weighted by Crippen LogP contribution is 2.52. The molecule has 3 rings (SSSR count). The molecule has 1 aromatic carbocycles. The highest BCUT2D eigenvalue weighted by molar-refractivity contribution is 7.99. The Kier molecular flexibility index (Phi) is 3.95. The van der Waals surface area contributed by atoms with Crippen molar-refractivity contribution in [3.05, 3.63) is 35.9 Å². The van der Waals surface area contributed by atoms with Gasteiger partial charge in [-0.05, 0) is 54.2 Å². The van der Waals surface area contributed by atoms with Crippen LogP contribution in [0.4, 0.5) is 0 Å². The van der Waals surface area contributed by atoms with Gasteiger partial charge >= 0.3 is 0 Å². The van der Waals surface area contributed by atoms with Crippen LogP contribution in [0, 0.1) is 11.8 Å². The molecular weight excluding hydrogens is 238 g/mol. The van der Waals surface area contributed by atoms with E-state index in [1.807, 2.05) is 0 Å². The van der Waals surface area contributed by atoms with E-state index in [1.54, 1.807) is 5.56 Å². The summed E-state index contributed by atoms with van der Waals surface area (Å²) in [5, 5.41) is 3.77. The fourth-order valence-electron chi connectivity index (χ4n) is 3.43. The number of thioether (sulfide) groups is 1. The summed E-state index contributed by atoms with van der Waals surface area (Å²) in [6.45, 7) is 3.36. The molecule has 2 aliphatic rings. The monoisotopic (exact) mass is 261 g/mol. The second-order valence-corrected chi connectivity index (χ2v) is 6.77. The lowest BCUT2D eigenvalue weighted by Gasteiger charge is -2.24. The maximum Gasteiger partial charge on any atom is 0.0138 e. The molecule has 0 spiro atoms. The smallest absolute Gasteiger partial charge is 0.0138 e. The fraction of sp³-hybridized carbons (Fsp3) is 0.625. The van der Waals surface area contributed by atoms with Gasteiger partial charge in [0, 0.05) is 6.04 Å². The van der Waals surface area contributed by atoms with Crippen LogP contribution in [0.15, 0.2) is 30.3 Å². The maximum atomic E-state index is 3.77. The Balaban J connectivity index is 1.66. The molecule has 1 N–H and O–H groups in total. The van der Waals surface area contributed by atoms with Gasteiger partial charge in [0.25, 0.3) is 0 Å². The molecule has 1 aromatic rings. The molecule has 4 atom stereocenters. The standard InChI is InChI=1S/C16H23NS/c1-2-17-16(13-8-9-18-11-13)15-10-14(15)12-6-4-3-5-7-12/h3-7,13-17H,2,8-11H2,1H3. The third kappa shape index (κ3) is 2.60. The van der Waals surface area contributed by atoms with Crippen LogP contribution in [0.25, 0.3) is 0 Å². The largest absolute Gasteiger partial charge is 0.314 e. The van der Waals surface area contributed by atoms with Crippen LogP contribution in [0.3, 0.4) is 0 Å². The minimum Gasteiger partial charge on any atom is -0.314 e. The summed E-state index contributed by atoms with van der Waals surface area (Å²) in [4.78, 5) is 0. The van der Waals surface area contributed by atoms with Crippen LogP contribution < -0.4 is 5.32 Å². The summed E-state index contributed by atoms with van der Waals surface area (Å²) >= 11 is 2.14. The molecule has 0 radical (unpaired) electrons. The number of rotatable bonds is 5. The van der Waals surface area contributed by atoms with E-state index in [9.17, 15) is 0 Å². The van der Waals surface area contributed by atoms with E-state index < -0.39 is 0 Å². The minimum atomic E-state index is 0.759. The molecule has 0 amide bonds. The third-order valence-corrected chi connectivity index (χ3v) is 5.63. The zero-order valence-electron chi connectivity index (χ0n) is 11.1. The first-order valence-corrected chi connectivity index (χ1v) is 8.41. The van der Waals surface area contributed by atoms with Gasteiger partial charge in [-0.2, -0.15) is 11.8 Å². The summed E-state index contributed by atoms with van der Waals surface area (Å²) in [6.07, 6.45) is 2.81. The summed E-state index contributed by atoms with van der Waals surface area (Å²) in [6, 6.07) is 11.8. The second kappa shape index (κ2) is 5.66. The van der Waals surface area contributed by atoms with E-state index in [2.05, 4.69) is 54.3 Å². The van der Waals surface area contributed by atoms with Crippen molar-refractivity contribution in [2.24, 2.45) is 11.8 Å². The third-order valence-electron chi connectivity index (χ3n) is 4.44. The summed E-state index contributed by atoms with van der Waals surface area (Å²) in [5.41, 5.74) is 1.55. The fourth-order valence-corrected chi connectivity index (χ4v) is 4.75. The van der Waals surface area contributed by atoms with E-state index >= 15 is 0 Å². The zero-order valence-corrected chi connectivity index (χ0v) is 12.0. The summed E-state index contributed by atoms with van der Waals surface area (Å²) in [5.74, 6) is 5.36. The van der Waals surface area contributed by atoms with Crippen LogP contribution in [0.2, 0.25) is 0 Å². The number of nitrogens with one attached hydrogen (secondary N) is 1.